The Kier molecular flexibility index (Phi) is 6.14. The van der Waals surface area contributed by atoms with Crippen LogP contribution < -0.4 is 15.4 Å². The molecule has 0 spiro atoms. The maximum absolute atomic E-state index is 13.0. The van der Waals surface area contributed by atoms with Gasteiger partial charge in [0.2, 0.25) is 0 Å². The van der Waals surface area contributed by atoms with E-state index < -0.39 is 49.6 Å². The monoisotopic (exact) mass is 492 g/mol. The third-order valence-electron chi connectivity index (χ3n) is 3.83. The van der Waals surface area contributed by atoms with E-state index in [1.807, 2.05) is 0 Å². The van der Waals surface area contributed by atoms with Crippen LogP contribution >= 0.6 is 0 Å². The van der Waals surface area contributed by atoms with E-state index >= 15 is 0 Å². The molecule has 33 heavy (non-hydrogen) atoms. The van der Waals surface area contributed by atoms with Gasteiger partial charge in [-0.1, -0.05) is 0 Å². The van der Waals surface area contributed by atoms with Crippen molar-refractivity contribution in [1.29, 1.82) is 0 Å². The fourth-order valence-electron chi connectivity index (χ4n) is 2.46. The molecule has 2 aromatic carbocycles. The molecule has 0 unspecified atom stereocenters. The quantitative estimate of drug-likeness (QED) is 0.194. The van der Waals surface area contributed by atoms with Gasteiger partial charge in [0.1, 0.15) is 28.5 Å². The van der Waals surface area contributed by atoms with Crippen molar-refractivity contribution in [2.45, 2.75) is 5.51 Å². The number of hydrogen-bond donors (Lipinski definition) is 1. The zero-order valence-corrected chi connectivity index (χ0v) is 16.5. The summed E-state index contributed by atoms with van der Waals surface area (Å²) in [6.07, 6.45) is 0. The van der Waals surface area contributed by atoms with Gasteiger partial charge in [-0.3, -0.25) is 0 Å². The summed E-state index contributed by atoms with van der Waals surface area (Å²) in [6.45, 7) is 0. The maximum Gasteiger partial charge on any atom is 0.534 e. The number of benzene rings is 2. The highest BCUT2D eigenvalue weighted by atomic mass is 32.2. The minimum Gasteiger partial charge on any atom is -0.507 e. The molecule has 0 saturated carbocycles. The van der Waals surface area contributed by atoms with Crippen molar-refractivity contribution in [1.82, 2.24) is 0 Å². The SMILES string of the molecule is O=c1cc(O)c2cc(F)ccc2o1.O=c1cc(OS(=O)(=O)C(F)(F)F)c2cc(F)ccc2o1. The van der Waals surface area contributed by atoms with Gasteiger partial charge in [-0.05, 0) is 36.4 Å². The molecule has 0 radical (unpaired) electrons. The highest BCUT2D eigenvalue weighted by Crippen LogP contribution is 2.31. The number of aromatic hydroxyl groups is 1. The van der Waals surface area contributed by atoms with Gasteiger partial charge in [0.05, 0.1) is 22.9 Å². The number of fused-ring (bicyclic) bond motifs is 2. The molecule has 8 nitrogen and oxygen atoms in total. The van der Waals surface area contributed by atoms with Crippen molar-refractivity contribution in [3.05, 3.63) is 81.0 Å². The van der Waals surface area contributed by atoms with E-state index in [2.05, 4.69) is 8.60 Å². The second-order valence-corrected chi connectivity index (χ2v) is 7.68. The summed E-state index contributed by atoms with van der Waals surface area (Å²) >= 11 is 0. The first kappa shape index (κ1) is 23.7. The van der Waals surface area contributed by atoms with Crippen LogP contribution in [-0.4, -0.2) is 19.0 Å². The summed E-state index contributed by atoms with van der Waals surface area (Å²) in [5.74, 6) is -2.60. The fraction of sp³-hybridized carbons (Fsp3) is 0.0526. The standard InChI is InChI=1S/C10H4F4O5S.C9H5FO3/c11-5-1-2-7-6(3-5)8(4-9(15)18-7)19-20(16,17)10(12,13)14;10-5-1-2-8-6(3-5)7(11)4-9(12)13-8/h1-4H;1-4,11H. The number of halogens is 5. The molecule has 0 aliphatic carbocycles. The Balaban J connectivity index is 0.000000203. The first-order valence-corrected chi connectivity index (χ1v) is 9.84. The lowest BCUT2D eigenvalue weighted by molar-refractivity contribution is -0.0499. The van der Waals surface area contributed by atoms with Gasteiger partial charge in [-0.15, -0.1) is 0 Å². The van der Waals surface area contributed by atoms with E-state index in [1.54, 1.807) is 0 Å². The molecule has 0 fully saturated rings. The molecule has 0 saturated heterocycles. The molecule has 2 heterocycles. The highest BCUT2D eigenvalue weighted by Gasteiger charge is 2.48. The Morgan fingerprint density at radius 1 is 0.788 bits per heavy atom. The molecule has 0 aliphatic rings. The molecule has 14 heteroatoms. The van der Waals surface area contributed by atoms with E-state index in [1.165, 1.54) is 6.07 Å². The molecule has 4 aromatic rings. The average Bonchev–Trinajstić information content (AvgIpc) is 2.68. The van der Waals surface area contributed by atoms with E-state index in [4.69, 9.17) is 4.42 Å². The summed E-state index contributed by atoms with van der Waals surface area (Å²) in [7, 11) is -5.97. The van der Waals surface area contributed by atoms with Crippen molar-refractivity contribution in [3.63, 3.8) is 0 Å². The molecule has 174 valence electrons. The molecule has 0 aliphatic heterocycles. The average molecular weight is 492 g/mol. The van der Waals surface area contributed by atoms with Crippen molar-refractivity contribution in [2.75, 3.05) is 0 Å². The van der Waals surface area contributed by atoms with Crippen LogP contribution in [0.4, 0.5) is 22.0 Å². The summed E-state index contributed by atoms with van der Waals surface area (Å²) in [5.41, 5.74) is -7.62. The summed E-state index contributed by atoms with van der Waals surface area (Å²) < 4.78 is 97.3. The van der Waals surface area contributed by atoms with E-state index in [0.717, 1.165) is 30.3 Å². The lowest BCUT2D eigenvalue weighted by Gasteiger charge is -2.10. The molecular formula is C19H9F5O8S. The second kappa shape index (κ2) is 8.54. The summed E-state index contributed by atoms with van der Waals surface area (Å²) in [4.78, 5) is 21.9. The molecule has 2 aromatic heterocycles. The maximum atomic E-state index is 13.0. The second-order valence-electron chi connectivity index (χ2n) is 6.14. The van der Waals surface area contributed by atoms with E-state index in [-0.39, 0.29) is 22.3 Å². The van der Waals surface area contributed by atoms with Crippen LogP contribution in [0.25, 0.3) is 21.9 Å². The first-order valence-electron chi connectivity index (χ1n) is 8.43. The summed E-state index contributed by atoms with van der Waals surface area (Å²) in [6, 6.07) is 7.36. The molecule has 0 atom stereocenters. The number of rotatable bonds is 2. The Hall–Kier alpha value is -3.94. The van der Waals surface area contributed by atoms with E-state index in [9.17, 15) is 45.1 Å². The largest absolute Gasteiger partial charge is 0.534 e. The van der Waals surface area contributed by atoms with Gasteiger partial charge in [0.15, 0.2) is 5.75 Å². The summed E-state index contributed by atoms with van der Waals surface area (Å²) in [5, 5.41) is 9.02. The zero-order valence-electron chi connectivity index (χ0n) is 15.7. The Labute approximate surface area is 179 Å². The van der Waals surface area contributed by atoms with Crippen LogP contribution in [0, 0.1) is 11.6 Å². The molecule has 4 rings (SSSR count). The third kappa shape index (κ3) is 5.28. The van der Waals surface area contributed by atoms with Crippen LogP contribution in [0.3, 0.4) is 0 Å². The minimum absolute atomic E-state index is 0.173. The zero-order chi connectivity index (χ0) is 24.6. The number of alkyl halides is 3. The van der Waals surface area contributed by atoms with Crippen LogP contribution in [-0.2, 0) is 10.1 Å². The molecular weight excluding hydrogens is 483 g/mol. The Bertz CT molecular complexity index is 1570. The van der Waals surface area contributed by atoms with Crippen molar-refractivity contribution in [2.24, 2.45) is 0 Å². The van der Waals surface area contributed by atoms with Crippen LogP contribution in [0.1, 0.15) is 0 Å². The topological polar surface area (TPSA) is 124 Å². The van der Waals surface area contributed by atoms with Gasteiger partial charge >= 0.3 is 26.9 Å². The van der Waals surface area contributed by atoms with Crippen molar-refractivity contribution < 1.29 is 48.5 Å². The van der Waals surface area contributed by atoms with Gasteiger partial charge in [-0.2, -0.15) is 21.6 Å². The first-order chi connectivity index (χ1) is 15.3. The Morgan fingerprint density at radius 3 is 1.82 bits per heavy atom. The van der Waals surface area contributed by atoms with Crippen LogP contribution in [0.15, 0.2) is 67.0 Å². The van der Waals surface area contributed by atoms with Gasteiger partial charge in [0, 0.05) is 0 Å². The minimum atomic E-state index is -5.97. The normalized spacial score (nSPS) is 11.8. The van der Waals surface area contributed by atoms with Gasteiger partial charge in [0.25, 0.3) is 0 Å². The van der Waals surface area contributed by atoms with Crippen LogP contribution in [0.5, 0.6) is 11.5 Å². The molecule has 0 amide bonds. The Morgan fingerprint density at radius 2 is 1.27 bits per heavy atom. The molecule has 0 bridgehead atoms. The molecule has 1 N–H and O–H groups in total. The highest BCUT2D eigenvalue weighted by molar-refractivity contribution is 7.88. The lowest BCUT2D eigenvalue weighted by Crippen LogP contribution is -2.28. The van der Waals surface area contributed by atoms with Crippen LogP contribution in [0.2, 0.25) is 0 Å². The van der Waals surface area contributed by atoms with Gasteiger partial charge in [-0.25, -0.2) is 18.4 Å². The van der Waals surface area contributed by atoms with Gasteiger partial charge < -0.3 is 18.1 Å². The van der Waals surface area contributed by atoms with E-state index in [0.29, 0.717) is 12.1 Å². The fourth-order valence-corrected chi connectivity index (χ4v) is 2.93. The van der Waals surface area contributed by atoms with Crippen molar-refractivity contribution in [3.8, 4) is 11.5 Å². The number of hydrogen-bond acceptors (Lipinski definition) is 8. The predicted molar refractivity (Wildman–Crippen MR) is 102 cm³/mol. The van der Waals surface area contributed by atoms with Crippen molar-refractivity contribution >= 4 is 32.1 Å². The third-order valence-corrected chi connectivity index (χ3v) is 4.80. The smallest absolute Gasteiger partial charge is 0.507 e. The lowest BCUT2D eigenvalue weighted by atomic mass is 10.2. The predicted octanol–water partition coefficient (Wildman–Crippen LogP) is 3.80.